The van der Waals surface area contributed by atoms with E-state index in [1.807, 2.05) is 48.5 Å². The van der Waals surface area contributed by atoms with Crippen molar-refractivity contribution in [2.45, 2.75) is 0 Å². The molecule has 6 heterocycles. The van der Waals surface area contributed by atoms with E-state index in [1.54, 1.807) is 15.4 Å². The molecule has 0 saturated carbocycles. The third kappa shape index (κ3) is 4.33. The van der Waals surface area contributed by atoms with Gasteiger partial charge < -0.3 is 0 Å². The van der Waals surface area contributed by atoms with Crippen molar-refractivity contribution in [3.05, 3.63) is 130 Å². The van der Waals surface area contributed by atoms with Gasteiger partial charge in [-0.1, -0.05) is 0 Å². The van der Waals surface area contributed by atoms with E-state index < -0.39 is 8.26 Å². The van der Waals surface area contributed by atoms with Gasteiger partial charge in [0.25, 0.3) is 0 Å². The molecular formula is C32H16Cl2CuN8O2S. The minimum absolute atomic E-state index is 0.634. The fourth-order valence-corrected chi connectivity index (χ4v) is 7.03. The number of hydrogen-bond acceptors (Lipinski definition) is 8. The first-order valence-corrected chi connectivity index (χ1v) is 17.8. The summed E-state index contributed by atoms with van der Waals surface area (Å²) < 4.78 is 22.5. The van der Waals surface area contributed by atoms with Gasteiger partial charge in [-0.15, -0.1) is 0 Å². The van der Waals surface area contributed by atoms with Crippen LogP contribution in [0.5, 0.6) is 0 Å². The molecule has 0 spiro atoms. The van der Waals surface area contributed by atoms with Crippen LogP contribution in [0.15, 0.2) is 127 Å². The molecular weight excluding hydrogens is 695 g/mol. The average molecular weight is 711 g/mol. The first kappa shape index (κ1) is 27.6. The van der Waals surface area contributed by atoms with Gasteiger partial charge >= 0.3 is 248 Å². The van der Waals surface area contributed by atoms with E-state index in [-0.39, 0.29) is 0 Å². The molecule has 227 valence electrons. The summed E-state index contributed by atoms with van der Waals surface area (Å²) in [5.41, 5.74) is 5.33. The predicted molar refractivity (Wildman–Crippen MR) is 176 cm³/mol. The van der Waals surface area contributed by atoms with Crippen molar-refractivity contribution in [2.75, 3.05) is 0 Å². The molecule has 0 aliphatic carbocycles. The zero-order valence-corrected chi connectivity index (χ0v) is 26.4. The van der Waals surface area contributed by atoms with Crippen LogP contribution < -0.4 is 11.0 Å². The van der Waals surface area contributed by atoms with E-state index in [0.717, 1.165) is 66.4 Å². The van der Waals surface area contributed by atoms with Crippen LogP contribution in [0.25, 0.3) is 21.5 Å². The number of rotatable bonds is 0. The van der Waals surface area contributed by atoms with Crippen LogP contribution in [0, 0.1) is 0 Å². The van der Waals surface area contributed by atoms with Crippen molar-refractivity contribution in [3.63, 3.8) is 0 Å². The van der Waals surface area contributed by atoms with Crippen molar-refractivity contribution < 1.29 is 23.8 Å². The summed E-state index contributed by atoms with van der Waals surface area (Å²) in [4.78, 5) is 30.8. The Hall–Kier alpha value is -4.71. The fraction of sp³-hybridized carbons (Fsp3) is 0. The van der Waals surface area contributed by atoms with Crippen molar-refractivity contribution >= 4 is 86.2 Å². The molecule has 6 bridgehead atoms. The molecule has 6 aromatic rings. The van der Waals surface area contributed by atoms with Gasteiger partial charge in [-0.05, 0) is 0 Å². The van der Waals surface area contributed by atoms with Crippen LogP contribution in [0.3, 0.4) is 0 Å². The molecule has 0 amide bonds. The zero-order valence-electron chi connectivity index (χ0n) is 23.1. The number of amidine groups is 4. The molecule has 0 unspecified atom stereocenters. The number of hydrogen-bond donors (Lipinski definition) is 0. The van der Waals surface area contributed by atoms with Gasteiger partial charge in [-0.25, -0.2) is 0 Å². The molecule has 2 aromatic heterocycles. The second-order valence-corrected chi connectivity index (χ2v) is 15.1. The first-order valence-electron chi connectivity index (χ1n) is 13.8. The number of aliphatic imine (C=N–C) groups is 4. The Morgan fingerprint density at radius 3 is 1.17 bits per heavy atom. The Morgan fingerprint density at radius 1 is 0.457 bits per heavy atom. The fourth-order valence-electron chi connectivity index (χ4n) is 5.84. The molecule has 0 fully saturated rings. The predicted octanol–water partition coefficient (Wildman–Crippen LogP) is 5.56. The quantitative estimate of drug-likeness (QED) is 0.152. The van der Waals surface area contributed by atoms with Crippen LogP contribution in [-0.2, 0) is 23.7 Å². The summed E-state index contributed by atoms with van der Waals surface area (Å²) in [6.45, 7) is 0. The van der Waals surface area contributed by atoms with Gasteiger partial charge in [-0.2, -0.15) is 8.42 Å². The van der Waals surface area contributed by atoms with Crippen LogP contribution in [0.4, 0.5) is 11.6 Å². The molecule has 10 rings (SSSR count). The Balaban J connectivity index is 0.000000545. The number of fused-ring (bicyclic) bond motifs is 14. The van der Waals surface area contributed by atoms with Crippen LogP contribution >= 0.6 is 21.4 Å². The van der Waals surface area contributed by atoms with Crippen LogP contribution in [0.1, 0.15) is 22.3 Å². The molecule has 4 aliphatic rings. The van der Waals surface area contributed by atoms with Crippen molar-refractivity contribution in [1.29, 1.82) is 0 Å². The van der Waals surface area contributed by atoms with Gasteiger partial charge in [0.05, 0.1) is 0 Å². The first-order chi connectivity index (χ1) is 22.3. The Labute approximate surface area is 276 Å². The maximum absolute atomic E-state index is 9.16. The van der Waals surface area contributed by atoms with E-state index in [9.17, 15) is 0 Å². The monoisotopic (exact) mass is 709 g/mol. The topological polar surface area (TPSA) is 118 Å². The number of aromatic nitrogens is 2. The third-order valence-corrected chi connectivity index (χ3v) is 8.88. The average Bonchev–Trinajstić information content (AvgIpc) is 3.75. The van der Waals surface area contributed by atoms with Gasteiger partial charge in [-0.3, -0.25) is 0 Å². The summed E-state index contributed by atoms with van der Waals surface area (Å²) in [6, 6.07) is 32.8. The van der Waals surface area contributed by atoms with E-state index in [1.165, 1.54) is 0 Å². The molecule has 14 heteroatoms. The van der Waals surface area contributed by atoms with Crippen molar-refractivity contribution in [3.8, 4) is 0 Å². The molecule has 46 heavy (non-hydrogen) atoms. The number of nitrogens with zero attached hydrogens (tertiary/aromatic N) is 8. The Morgan fingerprint density at radius 2 is 0.783 bits per heavy atom. The Bertz CT molecular complexity index is 2550. The van der Waals surface area contributed by atoms with Gasteiger partial charge in [0.1, 0.15) is 0 Å². The van der Waals surface area contributed by atoms with Gasteiger partial charge in [0, 0.05) is 21.4 Å². The SMILES string of the molecule is O=S(=O)(Cl)Cl.c1ccc2c(c1)C1=NC/2=N\c2c3ccccc3c3[n]2[Cu][n]2/c(c4ccccc4/c2=N/C2=N\C(=N/3)c3ccccc32)=N\1. The summed E-state index contributed by atoms with van der Waals surface area (Å²) in [5, 5.41) is 3.92. The van der Waals surface area contributed by atoms with Crippen molar-refractivity contribution in [1.82, 2.24) is 7.17 Å². The normalized spacial score (nSPS) is 19.2. The summed E-state index contributed by atoms with van der Waals surface area (Å²) in [6.07, 6.45) is 0. The zero-order chi connectivity index (χ0) is 31.2. The number of benzene rings is 4. The third-order valence-electron chi connectivity index (χ3n) is 7.71. The second kappa shape index (κ2) is 10.1. The molecule has 4 aromatic carbocycles. The van der Waals surface area contributed by atoms with E-state index in [2.05, 4.69) is 77.1 Å². The van der Waals surface area contributed by atoms with Gasteiger partial charge in [0.2, 0.25) is 0 Å². The second-order valence-electron chi connectivity index (χ2n) is 10.4. The molecule has 0 radical (unpaired) electrons. The van der Waals surface area contributed by atoms with E-state index in [0.29, 0.717) is 23.3 Å². The standard InChI is InChI=1S/C32H16N8.Cl2O2S.Cu/c1-2-10-18-17(9-1)25-33-26(18)38-28-21-13-5-6-14-22(21)30(35-28)40-32-24-16-8-7-15-23(24)31(36-32)39-29-20-12-4-3-11-19(20)27(34-29)37-25;1-5(2,3)4;/h1-16H;;/q-2;;+2. The van der Waals surface area contributed by atoms with Crippen LogP contribution in [0.2, 0.25) is 0 Å². The Kier molecular flexibility index (Phi) is 6.09. The van der Waals surface area contributed by atoms with E-state index >= 15 is 0 Å². The molecule has 10 nitrogen and oxygen atoms in total. The maximum atomic E-state index is 9.16. The summed E-state index contributed by atoms with van der Waals surface area (Å²) in [5.74, 6) is 4.04. The van der Waals surface area contributed by atoms with Crippen molar-refractivity contribution in [2.24, 2.45) is 30.0 Å². The summed E-state index contributed by atoms with van der Waals surface area (Å²) >= 11 is 1.62. The summed E-state index contributed by atoms with van der Waals surface area (Å²) in [7, 11) is 4.81. The molecule has 0 N–H and O–H groups in total. The number of halogens is 2. The minimum atomic E-state index is -3.72. The van der Waals surface area contributed by atoms with E-state index in [4.69, 9.17) is 38.4 Å². The molecule has 0 atom stereocenters. The van der Waals surface area contributed by atoms with Crippen LogP contribution in [-0.4, -0.2) is 38.9 Å². The molecule has 0 saturated heterocycles. The van der Waals surface area contributed by atoms with Gasteiger partial charge in [0.15, 0.2) is 0 Å². The molecule has 4 aliphatic heterocycles.